The summed E-state index contributed by atoms with van der Waals surface area (Å²) >= 11 is 0. The Hall–Kier alpha value is -1.49. The second-order valence-corrected chi connectivity index (χ2v) is 4.58. The van der Waals surface area contributed by atoms with Gasteiger partial charge in [0.15, 0.2) is 0 Å². The quantitative estimate of drug-likeness (QED) is 0.850. The molecular formula is C12H13F2NO2. The SMILES string of the molecule is NCC1(c2ccc(C(=O)O)cc2)CC(F)(F)C1. The highest BCUT2D eigenvalue weighted by Crippen LogP contribution is 2.52. The molecule has 3 nitrogen and oxygen atoms in total. The van der Waals surface area contributed by atoms with E-state index < -0.39 is 17.3 Å². The number of carboxylic acid groups (broad SMARTS) is 1. The van der Waals surface area contributed by atoms with Gasteiger partial charge in [0, 0.05) is 24.8 Å². The monoisotopic (exact) mass is 241 g/mol. The van der Waals surface area contributed by atoms with Crippen molar-refractivity contribution in [3.05, 3.63) is 35.4 Å². The molecule has 1 aromatic rings. The predicted molar refractivity (Wildman–Crippen MR) is 58.3 cm³/mol. The van der Waals surface area contributed by atoms with E-state index in [1.165, 1.54) is 12.1 Å². The highest BCUT2D eigenvalue weighted by Gasteiger charge is 2.56. The number of aromatic carboxylic acids is 1. The third kappa shape index (κ3) is 2.02. The number of rotatable bonds is 3. The van der Waals surface area contributed by atoms with E-state index in [4.69, 9.17) is 10.8 Å². The summed E-state index contributed by atoms with van der Waals surface area (Å²) in [5.74, 6) is -3.68. The third-order valence-corrected chi connectivity index (χ3v) is 3.33. The van der Waals surface area contributed by atoms with Gasteiger partial charge in [0.25, 0.3) is 0 Å². The summed E-state index contributed by atoms with van der Waals surface area (Å²) in [6.07, 6.45) is -0.522. The van der Waals surface area contributed by atoms with Crippen molar-refractivity contribution in [2.45, 2.75) is 24.2 Å². The molecule has 1 fully saturated rings. The number of hydrogen-bond donors (Lipinski definition) is 2. The fourth-order valence-corrected chi connectivity index (χ4v) is 2.37. The van der Waals surface area contributed by atoms with Crippen molar-refractivity contribution < 1.29 is 18.7 Å². The Balaban J connectivity index is 2.25. The molecule has 92 valence electrons. The number of benzene rings is 1. The van der Waals surface area contributed by atoms with Crippen LogP contribution in [0.25, 0.3) is 0 Å². The summed E-state index contributed by atoms with van der Waals surface area (Å²) in [4.78, 5) is 10.7. The van der Waals surface area contributed by atoms with Crippen LogP contribution in [0.1, 0.15) is 28.8 Å². The number of carboxylic acids is 1. The Kier molecular flexibility index (Phi) is 2.66. The number of carbonyl (C=O) groups is 1. The van der Waals surface area contributed by atoms with Gasteiger partial charge in [0.1, 0.15) is 0 Å². The maximum Gasteiger partial charge on any atom is 0.335 e. The molecule has 0 radical (unpaired) electrons. The van der Waals surface area contributed by atoms with Crippen molar-refractivity contribution in [3.8, 4) is 0 Å². The Labute approximate surface area is 97.2 Å². The Morgan fingerprint density at radius 2 is 1.82 bits per heavy atom. The lowest BCUT2D eigenvalue weighted by atomic mass is 9.62. The molecule has 1 saturated carbocycles. The summed E-state index contributed by atoms with van der Waals surface area (Å²) < 4.78 is 25.9. The summed E-state index contributed by atoms with van der Waals surface area (Å²) in [5, 5.41) is 8.75. The second-order valence-electron chi connectivity index (χ2n) is 4.58. The lowest BCUT2D eigenvalue weighted by molar-refractivity contribution is -0.123. The maximum absolute atomic E-state index is 13.0. The van der Waals surface area contributed by atoms with Gasteiger partial charge in [0.2, 0.25) is 5.92 Å². The number of halogens is 2. The summed E-state index contributed by atoms with van der Waals surface area (Å²) in [7, 11) is 0. The molecule has 1 aromatic carbocycles. The molecule has 0 heterocycles. The lowest BCUT2D eigenvalue weighted by Gasteiger charge is -2.47. The van der Waals surface area contributed by atoms with Crippen LogP contribution in [0.15, 0.2) is 24.3 Å². The molecule has 17 heavy (non-hydrogen) atoms. The topological polar surface area (TPSA) is 63.3 Å². The molecule has 2 rings (SSSR count). The van der Waals surface area contributed by atoms with Crippen LogP contribution >= 0.6 is 0 Å². The van der Waals surface area contributed by atoms with E-state index in [2.05, 4.69) is 0 Å². The molecule has 3 N–H and O–H groups in total. The minimum absolute atomic E-state index is 0.145. The molecule has 0 saturated heterocycles. The van der Waals surface area contributed by atoms with Crippen molar-refractivity contribution in [1.82, 2.24) is 0 Å². The van der Waals surface area contributed by atoms with Gasteiger partial charge in [-0.3, -0.25) is 0 Å². The molecular weight excluding hydrogens is 228 g/mol. The zero-order valence-corrected chi connectivity index (χ0v) is 9.12. The molecule has 1 aliphatic rings. The van der Waals surface area contributed by atoms with Crippen LogP contribution in [0.2, 0.25) is 0 Å². The maximum atomic E-state index is 13.0. The molecule has 0 atom stereocenters. The smallest absolute Gasteiger partial charge is 0.335 e. The van der Waals surface area contributed by atoms with E-state index in [9.17, 15) is 13.6 Å². The molecule has 1 aliphatic carbocycles. The molecule has 5 heteroatoms. The molecule has 0 unspecified atom stereocenters. The van der Waals surface area contributed by atoms with Crippen LogP contribution in [0.4, 0.5) is 8.78 Å². The van der Waals surface area contributed by atoms with Crippen molar-refractivity contribution >= 4 is 5.97 Å². The van der Waals surface area contributed by atoms with E-state index in [1.807, 2.05) is 0 Å². The zero-order valence-electron chi connectivity index (χ0n) is 9.12. The van der Waals surface area contributed by atoms with Crippen LogP contribution in [-0.4, -0.2) is 23.5 Å². The van der Waals surface area contributed by atoms with E-state index in [1.54, 1.807) is 12.1 Å². The Bertz CT molecular complexity index is 434. The van der Waals surface area contributed by atoms with Gasteiger partial charge in [-0.05, 0) is 17.7 Å². The minimum atomic E-state index is -2.65. The van der Waals surface area contributed by atoms with Gasteiger partial charge in [-0.2, -0.15) is 0 Å². The van der Waals surface area contributed by atoms with Crippen molar-refractivity contribution in [1.29, 1.82) is 0 Å². The van der Waals surface area contributed by atoms with Gasteiger partial charge in [-0.1, -0.05) is 12.1 Å². The Morgan fingerprint density at radius 1 is 1.29 bits per heavy atom. The van der Waals surface area contributed by atoms with E-state index in [-0.39, 0.29) is 24.9 Å². The van der Waals surface area contributed by atoms with Crippen LogP contribution in [0.3, 0.4) is 0 Å². The number of alkyl halides is 2. The van der Waals surface area contributed by atoms with Crippen LogP contribution in [-0.2, 0) is 5.41 Å². The highest BCUT2D eigenvalue weighted by atomic mass is 19.3. The van der Waals surface area contributed by atoms with Gasteiger partial charge in [0.05, 0.1) is 5.56 Å². The average molecular weight is 241 g/mol. The van der Waals surface area contributed by atoms with Crippen molar-refractivity contribution in [2.24, 2.45) is 5.73 Å². The highest BCUT2D eigenvalue weighted by molar-refractivity contribution is 5.87. The molecule has 0 aliphatic heterocycles. The van der Waals surface area contributed by atoms with Crippen molar-refractivity contribution in [3.63, 3.8) is 0 Å². The fraction of sp³-hybridized carbons (Fsp3) is 0.417. The largest absolute Gasteiger partial charge is 0.478 e. The normalized spacial score (nSPS) is 20.6. The summed E-state index contributed by atoms with van der Waals surface area (Å²) in [5.41, 5.74) is 5.71. The Morgan fingerprint density at radius 3 is 2.18 bits per heavy atom. The van der Waals surface area contributed by atoms with E-state index in [0.29, 0.717) is 5.56 Å². The molecule has 0 bridgehead atoms. The van der Waals surface area contributed by atoms with Crippen LogP contribution in [0.5, 0.6) is 0 Å². The third-order valence-electron chi connectivity index (χ3n) is 3.33. The van der Waals surface area contributed by atoms with Gasteiger partial charge in [-0.15, -0.1) is 0 Å². The van der Waals surface area contributed by atoms with Gasteiger partial charge >= 0.3 is 5.97 Å². The first-order chi connectivity index (χ1) is 7.88. The van der Waals surface area contributed by atoms with E-state index >= 15 is 0 Å². The first-order valence-corrected chi connectivity index (χ1v) is 5.30. The summed E-state index contributed by atoms with van der Waals surface area (Å²) in [6, 6.07) is 5.99. The summed E-state index contributed by atoms with van der Waals surface area (Å²) in [6.45, 7) is 0.148. The van der Waals surface area contributed by atoms with E-state index in [0.717, 1.165) is 0 Å². The van der Waals surface area contributed by atoms with Gasteiger partial charge in [-0.25, -0.2) is 13.6 Å². The van der Waals surface area contributed by atoms with Crippen LogP contribution < -0.4 is 5.73 Å². The van der Waals surface area contributed by atoms with Crippen LogP contribution in [0, 0.1) is 0 Å². The average Bonchev–Trinajstić information content (AvgIpc) is 2.25. The number of hydrogen-bond acceptors (Lipinski definition) is 2. The fourth-order valence-electron chi connectivity index (χ4n) is 2.37. The number of nitrogens with two attached hydrogens (primary N) is 1. The minimum Gasteiger partial charge on any atom is -0.478 e. The van der Waals surface area contributed by atoms with Gasteiger partial charge < -0.3 is 10.8 Å². The first-order valence-electron chi connectivity index (χ1n) is 5.30. The zero-order chi connectivity index (χ0) is 12.7. The van der Waals surface area contributed by atoms with Crippen molar-refractivity contribution in [2.75, 3.05) is 6.54 Å². The molecule has 0 aromatic heterocycles. The molecule has 0 amide bonds. The lowest BCUT2D eigenvalue weighted by Crippen LogP contribution is -2.53. The predicted octanol–water partition coefficient (Wildman–Crippen LogP) is 2.01. The molecule has 0 spiro atoms. The standard InChI is InChI=1S/C12H13F2NO2/c13-12(14)5-11(6-12,7-15)9-3-1-8(2-4-9)10(16)17/h1-4H,5-7,15H2,(H,16,17). The first kappa shape index (κ1) is 12.0. The second kappa shape index (κ2) is 3.77.